The van der Waals surface area contributed by atoms with E-state index in [0.29, 0.717) is 16.9 Å². The smallest absolute Gasteiger partial charge is 0.251 e. The minimum Gasteiger partial charge on any atom is -0.497 e. The number of ether oxygens (including phenoxy) is 1. The molecule has 0 aromatic heterocycles. The molecule has 1 N–H and O–H groups in total. The number of nitrogens with one attached hydrogen (secondary N) is 1. The van der Waals surface area contributed by atoms with Crippen molar-refractivity contribution in [3.05, 3.63) is 65.5 Å². The number of hydrogen-bond donors (Lipinski definition) is 1. The molecule has 0 heterocycles. The van der Waals surface area contributed by atoms with Gasteiger partial charge in [0.15, 0.2) is 0 Å². The van der Waals surface area contributed by atoms with Gasteiger partial charge >= 0.3 is 0 Å². The first-order valence-corrected chi connectivity index (χ1v) is 5.86. The Balaban J connectivity index is 1.99. The monoisotopic (exact) mass is 259 g/mol. The largest absolute Gasteiger partial charge is 0.497 e. The van der Waals surface area contributed by atoms with E-state index in [1.165, 1.54) is 6.07 Å². The number of halogens is 1. The molecule has 0 radical (unpaired) electrons. The van der Waals surface area contributed by atoms with E-state index >= 15 is 0 Å². The molecule has 98 valence electrons. The van der Waals surface area contributed by atoms with Gasteiger partial charge in [-0.15, -0.1) is 0 Å². The Kier molecular flexibility index (Phi) is 4.13. The van der Waals surface area contributed by atoms with E-state index in [1.807, 2.05) is 0 Å². The lowest BCUT2D eigenvalue weighted by Crippen LogP contribution is -2.23. The minimum absolute atomic E-state index is 0.164. The highest BCUT2D eigenvalue weighted by Gasteiger charge is 2.07. The van der Waals surface area contributed by atoms with Crippen LogP contribution in [0, 0.1) is 5.82 Å². The van der Waals surface area contributed by atoms with Crippen molar-refractivity contribution >= 4 is 5.91 Å². The van der Waals surface area contributed by atoms with Crippen molar-refractivity contribution in [1.29, 1.82) is 0 Å². The summed E-state index contributed by atoms with van der Waals surface area (Å²) in [4.78, 5) is 11.9. The highest BCUT2D eigenvalue weighted by atomic mass is 19.1. The van der Waals surface area contributed by atoms with Gasteiger partial charge in [0.2, 0.25) is 0 Å². The van der Waals surface area contributed by atoms with Crippen LogP contribution in [-0.2, 0) is 6.54 Å². The van der Waals surface area contributed by atoms with Crippen LogP contribution in [0.25, 0.3) is 0 Å². The summed E-state index contributed by atoms with van der Waals surface area (Å²) in [5.74, 6) is 0.120. The summed E-state index contributed by atoms with van der Waals surface area (Å²) in [5.41, 5.74) is 0.974. The number of benzene rings is 2. The number of carbonyl (C=O) groups is 1. The van der Waals surface area contributed by atoms with Gasteiger partial charge in [0.05, 0.1) is 7.11 Å². The summed E-state index contributed by atoms with van der Waals surface area (Å²) >= 11 is 0. The normalized spacial score (nSPS) is 10.0. The molecule has 4 heteroatoms. The van der Waals surface area contributed by atoms with Gasteiger partial charge in [-0.3, -0.25) is 4.79 Å². The molecule has 0 aliphatic rings. The minimum atomic E-state index is -0.322. The zero-order chi connectivity index (χ0) is 13.7. The van der Waals surface area contributed by atoms with E-state index in [1.54, 1.807) is 49.6 Å². The fraction of sp³-hybridized carbons (Fsp3) is 0.133. The highest BCUT2D eigenvalue weighted by Crippen LogP contribution is 2.11. The molecule has 0 bridgehead atoms. The van der Waals surface area contributed by atoms with Crippen molar-refractivity contribution in [2.24, 2.45) is 0 Å². The lowest BCUT2D eigenvalue weighted by Gasteiger charge is -2.07. The molecule has 2 aromatic rings. The number of rotatable bonds is 4. The van der Waals surface area contributed by atoms with Gasteiger partial charge in [0.25, 0.3) is 5.91 Å². The van der Waals surface area contributed by atoms with Gasteiger partial charge in [-0.1, -0.05) is 18.2 Å². The second-order valence-corrected chi connectivity index (χ2v) is 4.00. The van der Waals surface area contributed by atoms with E-state index in [2.05, 4.69) is 5.32 Å². The summed E-state index contributed by atoms with van der Waals surface area (Å²) in [6, 6.07) is 13.1. The van der Waals surface area contributed by atoms with Crippen LogP contribution in [0.4, 0.5) is 4.39 Å². The van der Waals surface area contributed by atoms with Crippen LogP contribution in [0.3, 0.4) is 0 Å². The third-order valence-electron chi connectivity index (χ3n) is 2.75. The summed E-state index contributed by atoms with van der Waals surface area (Å²) in [7, 11) is 1.56. The predicted octanol–water partition coefficient (Wildman–Crippen LogP) is 2.76. The molecule has 19 heavy (non-hydrogen) atoms. The topological polar surface area (TPSA) is 38.3 Å². The van der Waals surface area contributed by atoms with E-state index in [4.69, 9.17) is 4.74 Å². The van der Waals surface area contributed by atoms with Crippen molar-refractivity contribution in [2.75, 3.05) is 7.11 Å². The summed E-state index contributed by atoms with van der Waals surface area (Å²) in [6.07, 6.45) is 0. The Morgan fingerprint density at radius 3 is 2.47 bits per heavy atom. The highest BCUT2D eigenvalue weighted by molar-refractivity contribution is 5.94. The van der Waals surface area contributed by atoms with E-state index < -0.39 is 0 Å². The summed E-state index contributed by atoms with van der Waals surface area (Å²) in [5, 5.41) is 2.67. The van der Waals surface area contributed by atoms with Gasteiger partial charge in [0.1, 0.15) is 11.6 Å². The first-order valence-electron chi connectivity index (χ1n) is 5.86. The van der Waals surface area contributed by atoms with Crippen molar-refractivity contribution in [1.82, 2.24) is 5.32 Å². The van der Waals surface area contributed by atoms with Crippen LogP contribution in [0.5, 0.6) is 5.75 Å². The van der Waals surface area contributed by atoms with Crippen molar-refractivity contribution < 1.29 is 13.9 Å². The molecule has 0 aliphatic carbocycles. The molecule has 0 atom stereocenters. The second kappa shape index (κ2) is 6.00. The molecular formula is C15H14FNO2. The lowest BCUT2D eigenvalue weighted by molar-refractivity contribution is 0.0950. The maximum absolute atomic E-state index is 13.4. The first kappa shape index (κ1) is 13.1. The van der Waals surface area contributed by atoms with Crippen LogP contribution in [0.1, 0.15) is 15.9 Å². The maximum Gasteiger partial charge on any atom is 0.251 e. The standard InChI is InChI=1S/C15H14FNO2/c1-19-13-8-6-11(7-9-13)15(18)17-10-12-4-2-3-5-14(12)16/h2-9H,10H2,1H3,(H,17,18). The quantitative estimate of drug-likeness (QED) is 0.916. The third kappa shape index (κ3) is 3.31. The first-order chi connectivity index (χ1) is 9.20. The summed E-state index contributed by atoms with van der Waals surface area (Å²) < 4.78 is 18.4. The Labute approximate surface area is 111 Å². The van der Waals surface area contributed by atoms with Crippen LogP contribution in [0.2, 0.25) is 0 Å². The van der Waals surface area contributed by atoms with Crippen LogP contribution < -0.4 is 10.1 Å². The zero-order valence-electron chi connectivity index (χ0n) is 10.5. The average Bonchev–Trinajstić information content (AvgIpc) is 2.46. The van der Waals surface area contributed by atoms with Crippen molar-refractivity contribution in [2.45, 2.75) is 6.54 Å². The fourth-order valence-electron chi connectivity index (χ4n) is 1.66. The van der Waals surface area contributed by atoms with E-state index in [9.17, 15) is 9.18 Å². The van der Waals surface area contributed by atoms with Crippen LogP contribution in [0.15, 0.2) is 48.5 Å². The molecule has 0 spiro atoms. The van der Waals surface area contributed by atoms with Gasteiger partial charge in [0, 0.05) is 17.7 Å². The van der Waals surface area contributed by atoms with Gasteiger partial charge < -0.3 is 10.1 Å². The Bertz CT molecular complexity index is 567. The SMILES string of the molecule is COc1ccc(C(=O)NCc2ccccc2F)cc1. The molecule has 0 fully saturated rings. The molecule has 2 rings (SSSR count). The Morgan fingerprint density at radius 1 is 1.16 bits per heavy atom. The molecule has 0 saturated carbocycles. The van der Waals surface area contributed by atoms with Crippen LogP contribution >= 0.6 is 0 Å². The zero-order valence-corrected chi connectivity index (χ0v) is 10.5. The van der Waals surface area contributed by atoms with Crippen LogP contribution in [-0.4, -0.2) is 13.0 Å². The lowest BCUT2D eigenvalue weighted by atomic mass is 10.2. The maximum atomic E-state index is 13.4. The Morgan fingerprint density at radius 2 is 1.84 bits per heavy atom. The van der Waals surface area contributed by atoms with Crippen molar-refractivity contribution in [3.8, 4) is 5.75 Å². The van der Waals surface area contributed by atoms with Gasteiger partial charge in [-0.25, -0.2) is 4.39 Å². The van der Waals surface area contributed by atoms with E-state index in [0.717, 1.165) is 0 Å². The van der Waals surface area contributed by atoms with E-state index in [-0.39, 0.29) is 18.3 Å². The van der Waals surface area contributed by atoms with Gasteiger partial charge in [-0.05, 0) is 30.3 Å². The van der Waals surface area contributed by atoms with Crippen molar-refractivity contribution in [3.63, 3.8) is 0 Å². The fourth-order valence-corrected chi connectivity index (χ4v) is 1.66. The molecule has 0 aliphatic heterocycles. The number of carbonyl (C=O) groups excluding carboxylic acids is 1. The number of amides is 1. The Hall–Kier alpha value is -2.36. The average molecular weight is 259 g/mol. The second-order valence-electron chi connectivity index (χ2n) is 4.00. The molecule has 1 amide bonds. The predicted molar refractivity (Wildman–Crippen MR) is 70.6 cm³/mol. The molecule has 0 unspecified atom stereocenters. The molecule has 2 aromatic carbocycles. The molecule has 0 saturated heterocycles. The molecular weight excluding hydrogens is 245 g/mol. The number of methoxy groups -OCH3 is 1. The summed E-state index contributed by atoms with van der Waals surface area (Å²) in [6.45, 7) is 0.164. The van der Waals surface area contributed by atoms with Gasteiger partial charge in [-0.2, -0.15) is 0 Å². The molecule has 3 nitrogen and oxygen atoms in total. The number of hydrogen-bond acceptors (Lipinski definition) is 2. The third-order valence-corrected chi connectivity index (χ3v) is 2.75.